The van der Waals surface area contributed by atoms with Gasteiger partial charge in [0.2, 0.25) is 0 Å². The van der Waals surface area contributed by atoms with E-state index < -0.39 is 0 Å². The maximum Gasteiger partial charge on any atom is 0.125 e. The van der Waals surface area contributed by atoms with E-state index in [-0.39, 0.29) is 0 Å². The molecule has 0 atom stereocenters. The topological polar surface area (TPSA) is 25.8 Å². The molecule has 2 nitrogen and oxygen atoms in total. The number of nitrogens with zero attached hydrogens (tertiary/aromatic N) is 2. The predicted octanol–water partition coefficient (Wildman–Crippen LogP) is 3.10. The van der Waals surface area contributed by atoms with Crippen LogP contribution in [-0.4, -0.2) is 15.7 Å². The quantitative estimate of drug-likeness (QED) is 0.693. The molecule has 0 saturated carbocycles. The van der Waals surface area contributed by atoms with Gasteiger partial charge in [0.25, 0.3) is 0 Å². The molecule has 0 saturated heterocycles. The van der Waals surface area contributed by atoms with E-state index in [0.29, 0.717) is 0 Å². The fourth-order valence-electron chi connectivity index (χ4n) is 1.97. The maximum absolute atomic E-state index is 4.59. The predicted molar refractivity (Wildman–Crippen MR) is 66.6 cm³/mol. The van der Waals surface area contributed by atoms with Crippen LogP contribution in [0, 0.1) is 6.92 Å². The highest BCUT2D eigenvalue weighted by atomic mass is 32.2. The van der Waals surface area contributed by atoms with Crippen molar-refractivity contribution in [1.29, 1.82) is 0 Å². The molecule has 0 radical (unpaired) electrons. The monoisotopic (exact) mass is 228 g/mol. The number of fused-ring (bicyclic) bond motifs is 3. The Kier molecular flexibility index (Phi) is 2.40. The number of aromatic nitrogens is 2. The lowest BCUT2D eigenvalue weighted by molar-refractivity contribution is 1.00. The lowest BCUT2D eigenvalue weighted by atomic mass is 10.1. The van der Waals surface area contributed by atoms with Crippen molar-refractivity contribution < 1.29 is 0 Å². The first kappa shape index (κ1) is 9.85. The molecule has 0 amide bonds. The molecule has 0 N–H and O–H groups in total. The highest BCUT2D eigenvalue weighted by molar-refractivity contribution is 7.99. The molecule has 2 heterocycles. The zero-order valence-electron chi connectivity index (χ0n) is 9.10. The normalized spacial score (nSPS) is 13.8. The maximum atomic E-state index is 4.59. The molecule has 0 spiro atoms. The summed E-state index contributed by atoms with van der Waals surface area (Å²) in [5.41, 5.74) is 3.64. The third-order valence-corrected chi connectivity index (χ3v) is 3.83. The highest BCUT2D eigenvalue weighted by Crippen LogP contribution is 2.35. The van der Waals surface area contributed by atoms with Gasteiger partial charge in [-0.3, -0.25) is 0 Å². The van der Waals surface area contributed by atoms with E-state index in [1.165, 1.54) is 16.0 Å². The van der Waals surface area contributed by atoms with Crippen LogP contribution in [0.15, 0.2) is 35.4 Å². The second-order valence-corrected chi connectivity index (χ2v) is 5.02. The SMILES string of the molecule is Cc1ncc2c(n1)-c1ccccc1SCC2. The number of thioether (sulfide) groups is 1. The van der Waals surface area contributed by atoms with Gasteiger partial charge in [-0.2, -0.15) is 0 Å². The molecule has 3 rings (SSSR count). The van der Waals surface area contributed by atoms with Gasteiger partial charge in [0, 0.05) is 22.4 Å². The van der Waals surface area contributed by atoms with Crippen molar-refractivity contribution in [3.05, 3.63) is 41.9 Å². The van der Waals surface area contributed by atoms with Crippen molar-refractivity contribution in [2.24, 2.45) is 0 Å². The van der Waals surface area contributed by atoms with Crippen LogP contribution in [0.5, 0.6) is 0 Å². The molecular formula is C13H12N2S. The van der Waals surface area contributed by atoms with Crippen molar-refractivity contribution >= 4 is 11.8 Å². The molecule has 0 fully saturated rings. The average Bonchev–Trinajstić information content (AvgIpc) is 2.48. The summed E-state index contributed by atoms with van der Waals surface area (Å²) in [4.78, 5) is 10.2. The standard InChI is InChI=1S/C13H12N2S/c1-9-14-8-10-6-7-16-12-5-3-2-4-11(12)13(10)15-9/h2-5,8H,6-7H2,1H3. The molecule has 0 aliphatic carbocycles. The summed E-state index contributed by atoms with van der Waals surface area (Å²) >= 11 is 1.90. The second-order valence-electron chi connectivity index (χ2n) is 3.89. The smallest absolute Gasteiger partial charge is 0.125 e. The van der Waals surface area contributed by atoms with Crippen molar-refractivity contribution in [1.82, 2.24) is 9.97 Å². The Labute approximate surface area is 99.1 Å². The summed E-state index contributed by atoms with van der Waals surface area (Å²) in [7, 11) is 0. The molecule has 80 valence electrons. The summed E-state index contributed by atoms with van der Waals surface area (Å²) in [6.45, 7) is 1.95. The van der Waals surface area contributed by atoms with E-state index in [4.69, 9.17) is 0 Å². The molecule has 1 aliphatic rings. The van der Waals surface area contributed by atoms with Gasteiger partial charge in [-0.1, -0.05) is 18.2 Å². The van der Waals surface area contributed by atoms with Crippen LogP contribution >= 0.6 is 11.8 Å². The molecule has 0 bridgehead atoms. The number of benzene rings is 1. The molecule has 2 aromatic rings. The summed E-state index contributed by atoms with van der Waals surface area (Å²) in [6.07, 6.45) is 3.02. The molecule has 16 heavy (non-hydrogen) atoms. The summed E-state index contributed by atoms with van der Waals surface area (Å²) in [5.74, 6) is 1.96. The molecule has 1 aromatic carbocycles. The lowest BCUT2D eigenvalue weighted by Gasteiger charge is -2.07. The van der Waals surface area contributed by atoms with Gasteiger partial charge < -0.3 is 0 Å². The fraction of sp³-hybridized carbons (Fsp3) is 0.231. The Balaban J connectivity index is 2.28. The van der Waals surface area contributed by atoms with Crippen molar-refractivity contribution in [2.45, 2.75) is 18.2 Å². The Morgan fingerprint density at radius 3 is 3.06 bits per heavy atom. The van der Waals surface area contributed by atoms with Crippen LogP contribution in [0.1, 0.15) is 11.4 Å². The minimum absolute atomic E-state index is 0.848. The highest BCUT2D eigenvalue weighted by Gasteiger charge is 2.15. The summed E-state index contributed by atoms with van der Waals surface area (Å²) < 4.78 is 0. The van der Waals surface area contributed by atoms with Crippen molar-refractivity contribution in [3.8, 4) is 11.3 Å². The second kappa shape index (κ2) is 3.91. The van der Waals surface area contributed by atoms with Crippen LogP contribution in [-0.2, 0) is 6.42 Å². The number of hydrogen-bond acceptors (Lipinski definition) is 3. The van der Waals surface area contributed by atoms with E-state index >= 15 is 0 Å². The Morgan fingerprint density at radius 1 is 1.25 bits per heavy atom. The largest absolute Gasteiger partial charge is 0.241 e. The van der Waals surface area contributed by atoms with E-state index in [9.17, 15) is 0 Å². The molecular weight excluding hydrogens is 216 g/mol. The number of hydrogen-bond donors (Lipinski definition) is 0. The van der Waals surface area contributed by atoms with Gasteiger partial charge >= 0.3 is 0 Å². The van der Waals surface area contributed by atoms with Crippen LogP contribution < -0.4 is 0 Å². The fourth-order valence-corrected chi connectivity index (χ4v) is 3.01. The van der Waals surface area contributed by atoms with Crippen molar-refractivity contribution in [3.63, 3.8) is 0 Å². The first-order valence-electron chi connectivity index (χ1n) is 5.39. The third-order valence-electron chi connectivity index (χ3n) is 2.76. The van der Waals surface area contributed by atoms with E-state index in [1.807, 2.05) is 24.9 Å². The van der Waals surface area contributed by atoms with Gasteiger partial charge in [-0.25, -0.2) is 9.97 Å². The van der Waals surface area contributed by atoms with Crippen LogP contribution in [0.4, 0.5) is 0 Å². The molecule has 1 aromatic heterocycles. The van der Waals surface area contributed by atoms with Crippen LogP contribution in [0.25, 0.3) is 11.3 Å². The number of aryl methyl sites for hydroxylation is 2. The van der Waals surface area contributed by atoms with Gasteiger partial charge in [0.15, 0.2) is 0 Å². The Bertz CT molecular complexity index is 537. The summed E-state index contributed by atoms with van der Waals surface area (Å²) in [5, 5.41) is 0. The average molecular weight is 228 g/mol. The van der Waals surface area contributed by atoms with E-state index in [0.717, 1.165) is 23.7 Å². The van der Waals surface area contributed by atoms with E-state index in [1.54, 1.807) is 0 Å². The summed E-state index contributed by atoms with van der Waals surface area (Å²) in [6, 6.07) is 8.49. The van der Waals surface area contributed by atoms with E-state index in [2.05, 4.69) is 34.2 Å². The Morgan fingerprint density at radius 2 is 2.12 bits per heavy atom. The van der Waals surface area contributed by atoms with Crippen molar-refractivity contribution in [2.75, 3.05) is 5.75 Å². The van der Waals surface area contributed by atoms with Gasteiger partial charge in [-0.05, 0) is 25.0 Å². The van der Waals surface area contributed by atoms with Gasteiger partial charge in [0.1, 0.15) is 5.82 Å². The van der Waals surface area contributed by atoms with Gasteiger partial charge in [0.05, 0.1) is 5.69 Å². The Hall–Kier alpha value is -1.35. The number of rotatable bonds is 0. The zero-order chi connectivity index (χ0) is 11.0. The third kappa shape index (κ3) is 1.61. The zero-order valence-corrected chi connectivity index (χ0v) is 9.92. The van der Waals surface area contributed by atoms with Gasteiger partial charge in [-0.15, -0.1) is 11.8 Å². The van der Waals surface area contributed by atoms with Crippen LogP contribution in [0.2, 0.25) is 0 Å². The molecule has 0 unspecified atom stereocenters. The molecule has 1 aliphatic heterocycles. The first-order valence-corrected chi connectivity index (χ1v) is 6.38. The van der Waals surface area contributed by atoms with Crippen LogP contribution in [0.3, 0.4) is 0 Å². The minimum Gasteiger partial charge on any atom is -0.241 e. The molecule has 3 heteroatoms. The lowest BCUT2D eigenvalue weighted by Crippen LogP contribution is -1.97. The minimum atomic E-state index is 0.848. The first-order chi connectivity index (χ1) is 7.84.